The first-order valence-corrected chi connectivity index (χ1v) is 4.03. The summed E-state index contributed by atoms with van der Waals surface area (Å²) in [4.78, 5) is 0. The van der Waals surface area contributed by atoms with Gasteiger partial charge in [0, 0.05) is 0 Å². The third-order valence-electron chi connectivity index (χ3n) is 1.55. The van der Waals surface area contributed by atoms with Crippen LogP contribution in [0.2, 0.25) is 0 Å². The Balaban J connectivity index is 2.53. The summed E-state index contributed by atoms with van der Waals surface area (Å²) in [6.07, 6.45) is 0.222. The van der Waals surface area contributed by atoms with Crippen molar-refractivity contribution in [2.75, 3.05) is 6.54 Å². The van der Waals surface area contributed by atoms with Gasteiger partial charge >= 0.3 is 0 Å². The molecule has 0 amide bonds. The van der Waals surface area contributed by atoms with E-state index in [1.807, 2.05) is 20.8 Å². The highest BCUT2D eigenvalue weighted by atomic mass is 16.5. The zero-order valence-electron chi connectivity index (χ0n) is 7.65. The molecular formula is C8H15NO3. The first-order valence-electron chi connectivity index (χ1n) is 4.03. The molecule has 1 aliphatic rings. The fourth-order valence-electron chi connectivity index (χ4n) is 1.13. The number of aliphatic hydroxyl groups excluding tert-OH is 1. The van der Waals surface area contributed by atoms with Gasteiger partial charge in [0.25, 0.3) is 0 Å². The third-order valence-corrected chi connectivity index (χ3v) is 1.55. The Morgan fingerprint density at radius 1 is 1.58 bits per heavy atom. The van der Waals surface area contributed by atoms with Crippen molar-refractivity contribution >= 4 is 6.21 Å². The van der Waals surface area contributed by atoms with Crippen LogP contribution < -0.4 is 0 Å². The van der Waals surface area contributed by atoms with E-state index in [9.17, 15) is 10.3 Å². The molecule has 4 heteroatoms. The van der Waals surface area contributed by atoms with Gasteiger partial charge in [0.05, 0.1) is 5.60 Å². The molecule has 70 valence electrons. The summed E-state index contributed by atoms with van der Waals surface area (Å²) < 4.78 is 6.14. The molecule has 0 radical (unpaired) electrons. The molecule has 0 aromatic heterocycles. The molecule has 2 unspecified atom stereocenters. The SMILES string of the molecule is CC(C)(C)OC1C=[N+]([O-])CC1O. The topological polar surface area (TPSA) is 55.5 Å². The lowest BCUT2D eigenvalue weighted by Crippen LogP contribution is -2.35. The van der Waals surface area contributed by atoms with E-state index in [-0.39, 0.29) is 12.1 Å². The maximum atomic E-state index is 10.8. The Hall–Kier alpha value is -0.610. The molecule has 4 nitrogen and oxygen atoms in total. The number of hydrogen-bond donors (Lipinski definition) is 1. The molecule has 2 atom stereocenters. The van der Waals surface area contributed by atoms with E-state index in [1.165, 1.54) is 6.21 Å². The van der Waals surface area contributed by atoms with Crippen molar-refractivity contribution in [2.24, 2.45) is 0 Å². The minimum atomic E-state index is -0.693. The summed E-state index contributed by atoms with van der Waals surface area (Å²) in [5.74, 6) is 0. The van der Waals surface area contributed by atoms with Crippen molar-refractivity contribution in [3.8, 4) is 0 Å². The van der Waals surface area contributed by atoms with Gasteiger partial charge in [-0.05, 0) is 20.8 Å². The first-order chi connectivity index (χ1) is 5.38. The van der Waals surface area contributed by atoms with Gasteiger partial charge in [-0.25, -0.2) is 4.74 Å². The van der Waals surface area contributed by atoms with Gasteiger partial charge < -0.3 is 15.1 Å². The van der Waals surface area contributed by atoms with Crippen LogP contribution in [0, 0.1) is 5.21 Å². The van der Waals surface area contributed by atoms with E-state index >= 15 is 0 Å². The smallest absolute Gasteiger partial charge is 0.183 e. The molecule has 0 saturated carbocycles. The van der Waals surface area contributed by atoms with Gasteiger partial charge in [0.15, 0.2) is 18.9 Å². The molecular weight excluding hydrogens is 158 g/mol. The maximum Gasteiger partial charge on any atom is 0.183 e. The van der Waals surface area contributed by atoms with E-state index in [0.717, 1.165) is 0 Å². The minimum absolute atomic E-state index is 0.112. The molecule has 1 aliphatic heterocycles. The molecule has 0 spiro atoms. The third kappa shape index (κ3) is 2.46. The molecule has 1 rings (SSSR count). The van der Waals surface area contributed by atoms with Crippen LogP contribution in [-0.2, 0) is 4.74 Å². The number of hydrogen-bond acceptors (Lipinski definition) is 3. The average Bonchev–Trinajstić information content (AvgIpc) is 2.06. The van der Waals surface area contributed by atoms with Gasteiger partial charge in [-0.15, -0.1) is 0 Å². The van der Waals surface area contributed by atoms with Gasteiger partial charge in [-0.3, -0.25) is 0 Å². The molecule has 1 heterocycles. The van der Waals surface area contributed by atoms with Gasteiger partial charge in [0.1, 0.15) is 6.10 Å². The molecule has 12 heavy (non-hydrogen) atoms. The van der Waals surface area contributed by atoms with Crippen LogP contribution in [-0.4, -0.2) is 40.4 Å². The van der Waals surface area contributed by atoms with Crippen LogP contribution >= 0.6 is 0 Å². The molecule has 0 aliphatic carbocycles. The number of hydroxylamine groups is 1. The highest BCUT2D eigenvalue weighted by molar-refractivity contribution is 5.60. The molecule has 0 bridgehead atoms. The summed E-state index contributed by atoms with van der Waals surface area (Å²) in [6.45, 7) is 5.78. The average molecular weight is 173 g/mol. The number of ether oxygens (including phenoxy) is 1. The fourth-order valence-corrected chi connectivity index (χ4v) is 1.13. The Morgan fingerprint density at radius 3 is 2.50 bits per heavy atom. The van der Waals surface area contributed by atoms with Crippen molar-refractivity contribution in [1.82, 2.24) is 0 Å². The highest BCUT2D eigenvalue weighted by Gasteiger charge is 2.33. The van der Waals surface area contributed by atoms with Crippen LogP contribution in [0.5, 0.6) is 0 Å². The van der Waals surface area contributed by atoms with Crippen molar-refractivity contribution < 1.29 is 14.6 Å². The zero-order chi connectivity index (χ0) is 9.35. The lowest BCUT2D eigenvalue weighted by Gasteiger charge is -2.23. The summed E-state index contributed by atoms with van der Waals surface area (Å²) in [6, 6.07) is 0. The number of nitrogens with zero attached hydrogens (tertiary/aromatic N) is 1. The number of β-amino-alcohol motifs (C(OH)–C–C–N with tert-alkyl or cyclic N) is 1. The summed E-state index contributed by atoms with van der Waals surface area (Å²) in [7, 11) is 0. The minimum Gasteiger partial charge on any atom is -0.624 e. The molecule has 0 saturated heterocycles. The second-order valence-electron chi connectivity index (χ2n) is 4.01. The van der Waals surface area contributed by atoms with Crippen molar-refractivity contribution in [2.45, 2.75) is 38.6 Å². The Kier molecular flexibility index (Phi) is 2.39. The normalized spacial score (nSPS) is 30.5. The monoisotopic (exact) mass is 173 g/mol. The molecule has 0 aromatic rings. The van der Waals surface area contributed by atoms with Crippen LogP contribution in [0.15, 0.2) is 0 Å². The van der Waals surface area contributed by atoms with Crippen molar-refractivity contribution in [3.05, 3.63) is 5.21 Å². The van der Waals surface area contributed by atoms with Crippen LogP contribution in [0.3, 0.4) is 0 Å². The second-order valence-corrected chi connectivity index (χ2v) is 4.01. The number of aliphatic hydroxyl groups is 1. The predicted octanol–water partition coefficient (Wildman–Crippen LogP) is 0.126. The van der Waals surface area contributed by atoms with Crippen molar-refractivity contribution in [1.29, 1.82) is 0 Å². The van der Waals surface area contributed by atoms with E-state index < -0.39 is 12.2 Å². The summed E-state index contributed by atoms with van der Waals surface area (Å²) in [5, 5.41) is 20.1. The Morgan fingerprint density at radius 2 is 2.17 bits per heavy atom. The van der Waals surface area contributed by atoms with Crippen LogP contribution in [0.4, 0.5) is 0 Å². The lowest BCUT2D eigenvalue weighted by atomic mass is 10.1. The Bertz CT molecular complexity index is 195. The lowest BCUT2D eigenvalue weighted by molar-refractivity contribution is -0.452. The maximum absolute atomic E-state index is 10.8. The van der Waals surface area contributed by atoms with Crippen molar-refractivity contribution in [3.63, 3.8) is 0 Å². The van der Waals surface area contributed by atoms with Gasteiger partial charge in [-0.1, -0.05) is 0 Å². The van der Waals surface area contributed by atoms with Crippen LogP contribution in [0.1, 0.15) is 20.8 Å². The van der Waals surface area contributed by atoms with E-state index in [0.29, 0.717) is 4.74 Å². The summed E-state index contributed by atoms with van der Waals surface area (Å²) in [5.41, 5.74) is -0.326. The largest absolute Gasteiger partial charge is 0.624 e. The van der Waals surface area contributed by atoms with E-state index in [4.69, 9.17) is 4.74 Å². The highest BCUT2D eigenvalue weighted by Crippen LogP contribution is 2.14. The summed E-state index contributed by atoms with van der Waals surface area (Å²) >= 11 is 0. The Labute approximate surface area is 72.0 Å². The molecule has 0 aromatic carbocycles. The molecule has 0 fully saturated rings. The van der Waals surface area contributed by atoms with E-state index in [2.05, 4.69) is 0 Å². The molecule has 1 N–H and O–H groups in total. The quantitative estimate of drug-likeness (QED) is 0.453. The fraction of sp³-hybridized carbons (Fsp3) is 0.875. The van der Waals surface area contributed by atoms with Gasteiger partial charge in [0.2, 0.25) is 0 Å². The first kappa shape index (κ1) is 9.48. The predicted molar refractivity (Wildman–Crippen MR) is 45.2 cm³/mol. The van der Waals surface area contributed by atoms with Gasteiger partial charge in [-0.2, -0.15) is 0 Å². The number of rotatable bonds is 1. The van der Waals surface area contributed by atoms with Crippen LogP contribution in [0.25, 0.3) is 0 Å². The standard InChI is InChI=1S/C8H15NO3/c1-8(2,3)12-7-5-9(11)4-6(7)10/h5-7,10H,4H2,1-3H3. The zero-order valence-corrected chi connectivity index (χ0v) is 7.65. The van der Waals surface area contributed by atoms with E-state index in [1.54, 1.807) is 0 Å². The second kappa shape index (κ2) is 3.03.